The third kappa shape index (κ3) is 2.77. The molecule has 120 valence electrons. The summed E-state index contributed by atoms with van der Waals surface area (Å²) in [6, 6.07) is 13.1. The van der Waals surface area contributed by atoms with Gasteiger partial charge in [0.1, 0.15) is 5.70 Å². The van der Waals surface area contributed by atoms with Gasteiger partial charge in [-0.3, -0.25) is 9.59 Å². The molecule has 0 aromatic heterocycles. The van der Waals surface area contributed by atoms with Gasteiger partial charge < -0.3 is 15.3 Å². The molecular weight excluding hydrogens is 308 g/mol. The molecule has 0 saturated carbocycles. The van der Waals surface area contributed by atoms with Gasteiger partial charge in [-0.1, -0.05) is 30.3 Å². The zero-order valence-electron chi connectivity index (χ0n) is 12.8. The first-order valence-corrected chi connectivity index (χ1v) is 7.21. The number of aromatic carboxylic acids is 1. The molecule has 0 spiro atoms. The highest BCUT2D eigenvalue weighted by Crippen LogP contribution is 2.33. The minimum Gasteiger partial charge on any atom is -0.478 e. The fourth-order valence-corrected chi connectivity index (χ4v) is 2.50. The van der Waals surface area contributed by atoms with Crippen LogP contribution in [-0.2, 0) is 4.79 Å². The van der Waals surface area contributed by atoms with Crippen molar-refractivity contribution >= 4 is 29.0 Å². The lowest BCUT2D eigenvalue weighted by Gasteiger charge is -2.29. The number of amides is 1. The largest absolute Gasteiger partial charge is 0.478 e. The van der Waals surface area contributed by atoms with Gasteiger partial charge in [-0.05, 0) is 18.2 Å². The van der Waals surface area contributed by atoms with Gasteiger partial charge in [0, 0.05) is 18.7 Å². The van der Waals surface area contributed by atoms with Crippen molar-refractivity contribution in [3.63, 3.8) is 0 Å². The van der Waals surface area contributed by atoms with E-state index in [0.29, 0.717) is 16.9 Å². The third-order valence-corrected chi connectivity index (χ3v) is 3.77. The SMILES string of the molecule is CN1C(=CC(=O)c2ccccc2)C(=O)Nc2cc(C(=O)O)ccc21. The van der Waals surface area contributed by atoms with Crippen LogP contribution < -0.4 is 10.2 Å². The topological polar surface area (TPSA) is 86.7 Å². The van der Waals surface area contributed by atoms with Crippen LogP contribution >= 0.6 is 0 Å². The Morgan fingerprint density at radius 1 is 1.08 bits per heavy atom. The number of allylic oxidation sites excluding steroid dienone is 1. The van der Waals surface area contributed by atoms with Gasteiger partial charge in [0.25, 0.3) is 5.91 Å². The Hall–Kier alpha value is -3.41. The van der Waals surface area contributed by atoms with Crippen LogP contribution in [0.3, 0.4) is 0 Å². The number of anilines is 2. The quantitative estimate of drug-likeness (QED) is 0.670. The van der Waals surface area contributed by atoms with Crippen LogP contribution in [0.5, 0.6) is 0 Å². The van der Waals surface area contributed by atoms with Gasteiger partial charge in [0.2, 0.25) is 0 Å². The van der Waals surface area contributed by atoms with Crippen LogP contribution in [0.2, 0.25) is 0 Å². The molecule has 1 aliphatic rings. The zero-order chi connectivity index (χ0) is 17.3. The van der Waals surface area contributed by atoms with E-state index >= 15 is 0 Å². The highest BCUT2D eigenvalue weighted by molar-refractivity contribution is 6.17. The molecule has 0 radical (unpaired) electrons. The predicted octanol–water partition coefficient (Wildman–Crippen LogP) is 2.54. The van der Waals surface area contributed by atoms with E-state index in [1.54, 1.807) is 48.3 Å². The van der Waals surface area contributed by atoms with Gasteiger partial charge in [-0.15, -0.1) is 0 Å². The normalized spacial score (nSPS) is 15.0. The van der Waals surface area contributed by atoms with Crippen LogP contribution in [0, 0.1) is 0 Å². The number of carbonyl (C=O) groups is 3. The second-order valence-electron chi connectivity index (χ2n) is 5.31. The first-order valence-electron chi connectivity index (χ1n) is 7.21. The lowest BCUT2D eigenvalue weighted by Crippen LogP contribution is -2.34. The molecule has 0 aliphatic carbocycles. The Kier molecular flexibility index (Phi) is 3.87. The highest BCUT2D eigenvalue weighted by atomic mass is 16.4. The van der Waals surface area contributed by atoms with E-state index in [9.17, 15) is 14.4 Å². The average Bonchev–Trinajstić information content (AvgIpc) is 2.58. The van der Waals surface area contributed by atoms with Gasteiger partial charge in [0.15, 0.2) is 5.78 Å². The van der Waals surface area contributed by atoms with Gasteiger partial charge in [-0.25, -0.2) is 4.79 Å². The Morgan fingerprint density at radius 2 is 1.79 bits per heavy atom. The van der Waals surface area contributed by atoms with Crippen molar-refractivity contribution in [2.75, 3.05) is 17.3 Å². The first-order chi connectivity index (χ1) is 11.5. The first kappa shape index (κ1) is 15.5. The number of likely N-dealkylation sites (N-methyl/N-ethyl adjacent to an activating group) is 1. The standard InChI is InChI=1S/C18H14N2O4/c1-20-14-8-7-12(18(23)24)9-13(14)19-17(22)15(20)10-16(21)11-5-3-2-4-6-11/h2-10H,1H3,(H,19,22)(H,23,24). The summed E-state index contributed by atoms with van der Waals surface area (Å²) in [5.41, 5.74) is 1.77. The molecule has 2 aromatic carbocycles. The van der Waals surface area contributed by atoms with E-state index in [1.165, 1.54) is 18.2 Å². The predicted molar refractivity (Wildman–Crippen MR) is 89.3 cm³/mol. The summed E-state index contributed by atoms with van der Waals surface area (Å²) in [5.74, 6) is -1.81. The Labute approximate surface area is 138 Å². The molecule has 6 heteroatoms. The molecule has 3 rings (SSSR count). The van der Waals surface area contributed by atoms with E-state index in [-0.39, 0.29) is 17.0 Å². The fraction of sp³-hybridized carbons (Fsp3) is 0.0556. The molecule has 1 heterocycles. The third-order valence-electron chi connectivity index (χ3n) is 3.77. The zero-order valence-corrected chi connectivity index (χ0v) is 12.8. The number of benzene rings is 2. The molecule has 2 N–H and O–H groups in total. The van der Waals surface area contributed by atoms with Gasteiger partial charge in [0.05, 0.1) is 16.9 Å². The number of carboxylic acids is 1. The summed E-state index contributed by atoms with van der Waals surface area (Å²) in [6.07, 6.45) is 1.28. The number of nitrogens with one attached hydrogen (secondary N) is 1. The number of hydrogen-bond acceptors (Lipinski definition) is 4. The van der Waals surface area contributed by atoms with Crippen LogP contribution in [-0.4, -0.2) is 29.8 Å². The van der Waals surface area contributed by atoms with Crippen LogP contribution in [0.4, 0.5) is 11.4 Å². The minimum atomic E-state index is -1.07. The maximum atomic E-state index is 12.3. The van der Waals surface area contributed by atoms with Crippen molar-refractivity contribution in [2.24, 2.45) is 0 Å². The van der Waals surface area contributed by atoms with Crippen LogP contribution in [0.1, 0.15) is 20.7 Å². The van der Waals surface area contributed by atoms with Crippen molar-refractivity contribution in [3.8, 4) is 0 Å². The van der Waals surface area contributed by atoms with Crippen LogP contribution in [0.25, 0.3) is 0 Å². The lowest BCUT2D eigenvalue weighted by atomic mass is 10.1. The molecule has 2 aromatic rings. The minimum absolute atomic E-state index is 0.0789. The highest BCUT2D eigenvalue weighted by Gasteiger charge is 2.26. The smallest absolute Gasteiger partial charge is 0.335 e. The summed E-state index contributed by atoms with van der Waals surface area (Å²) in [4.78, 5) is 37.2. The molecule has 0 fully saturated rings. The van der Waals surface area contributed by atoms with E-state index < -0.39 is 11.9 Å². The molecule has 0 unspecified atom stereocenters. The number of nitrogens with zero attached hydrogens (tertiary/aromatic N) is 1. The summed E-state index contributed by atoms with van der Waals surface area (Å²) in [7, 11) is 1.65. The molecule has 0 atom stereocenters. The van der Waals surface area contributed by atoms with Gasteiger partial charge >= 0.3 is 5.97 Å². The molecule has 0 saturated heterocycles. The second-order valence-corrected chi connectivity index (χ2v) is 5.31. The maximum absolute atomic E-state index is 12.3. The number of carbonyl (C=O) groups excluding carboxylic acids is 2. The van der Waals surface area contributed by atoms with Crippen molar-refractivity contribution in [1.29, 1.82) is 0 Å². The number of carboxylic acid groups (broad SMARTS) is 1. The molecule has 1 amide bonds. The second kappa shape index (κ2) is 6.00. The van der Waals surface area contributed by atoms with Crippen molar-refractivity contribution in [2.45, 2.75) is 0 Å². The van der Waals surface area contributed by atoms with Gasteiger partial charge in [-0.2, -0.15) is 0 Å². The van der Waals surface area contributed by atoms with E-state index in [1.807, 2.05) is 0 Å². The fourth-order valence-electron chi connectivity index (χ4n) is 2.50. The van der Waals surface area contributed by atoms with Crippen molar-refractivity contribution in [1.82, 2.24) is 0 Å². The molecule has 24 heavy (non-hydrogen) atoms. The number of hydrogen-bond donors (Lipinski definition) is 2. The van der Waals surface area contributed by atoms with Crippen molar-refractivity contribution in [3.05, 3.63) is 71.4 Å². The van der Waals surface area contributed by atoms with Crippen molar-refractivity contribution < 1.29 is 19.5 Å². The summed E-state index contributed by atoms with van der Waals surface area (Å²) in [6.45, 7) is 0. The Bertz CT molecular complexity index is 872. The number of ketones is 1. The lowest BCUT2D eigenvalue weighted by molar-refractivity contribution is -0.113. The number of fused-ring (bicyclic) bond motifs is 1. The van der Waals surface area contributed by atoms with E-state index in [0.717, 1.165) is 0 Å². The monoisotopic (exact) mass is 322 g/mol. The Balaban J connectivity index is 1.97. The molecule has 1 aliphatic heterocycles. The molecular formula is C18H14N2O4. The molecule has 6 nitrogen and oxygen atoms in total. The average molecular weight is 322 g/mol. The van der Waals surface area contributed by atoms with E-state index in [2.05, 4.69) is 5.32 Å². The van der Waals surface area contributed by atoms with Crippen LogP contribution in [0.15, 0.2) is 60.3 Å². The summed E-state index contributed by atoms with van der Waals surface area (Å²) in [5, 5.41) is 11.7. The maximum Gasteiger partial charge on any atom is 0.335 e. The van der Waals surface area contributed by atoms with E-state index in [4.69, 9.17) is 5.11 Å². The summed E-state index contributed by atoms with van der Waals surface area (Å²) >= 11 is 0. The summed E-state index contributed by atoms with van der Waals surface area (Å²) < 4.78 is 0. The number of rotatable bonds is 3. The Morgan fingerprint density at radius 3 is 2.46 bits per heavy atom. The molecule has 0 bridgehead atoms.